The average Bonchev–Trinajstić information content (AvgIpc) is 2.54. The monoisotopic (exact) mass is 313 g/mol. The molecule has 0 bridgehead atoms. The number of aliphatic carboxylic acids is 1. The standard InChI is InChI=1S/C17H15NO5/c1-10(19)14-9-12(23-11-5-3-2-4-6-11)7-8-13(14)16(20)15(18)17(21)22/h2-9,15H,18H2,1H3,(H,21,22). The van der Waals surface area contributed by atoms with Crippen LogP contribution < -0.4 is 10.5 Å². The summed E-state index contributed by atoms with van der Waals surface area (Å²) in [4.78, 5) is 34.7. The van der Waals surface area contributed by atoms with E-state index in [4.69, 9.17) is 15.6 Å². The van der Waals surface area contributed by atoms with Gasteiger partial charge in [0.15, 0.2) is 17.6 Å². The van der Waals surface area contributed by atoms with E-state index >= 15 is 0 Å². The van der Waals surface area contributed by atoms with Gasteiger partial charge in [0.2, 0.25) is 0 Å². The third-order valence-corrected chi connectivity index (χ3v) is 3.16. The number of benzene rings is 2. The Morgan fingerprint density at radius 2 is 1.65 bits per heavy atom. The lowest BCUT2D eigenvalue weighted by Crippen LogP contribution is -2.39. The van der Waals surface area contributed by atoms with E-state index in [0.717, 1.165) is 0 Å². The van der Waals surface area contributed by atoms with Crippen molar-refractivity contribution in [3.8, 4) is 11.5 Å². The van der Waals surface area contributed by atoms with Crippen LogP contribution in [0.5, 0.6) is 11.5 Å². The van der Waals surface area contributed by atoms with Crippen LogP contribution in [0.3, 0.4) is 0 Å². The molecule has 6 nitrogen and oxygen atoms in total. The number of carbonyl (C=O) groups is 3. The van der Waals surface area contributed by atoms with Gasteiger partial charge >= 0.3 is 5.97 Å². The molecule has 0 saturated carbocycles. The Bertz CT molecular complexity index is 755. The summed E-state index contributed by atoms with van der Waals surface area (Å²) in [7, 11) is 0. The van der Waals surface area contributed by atoms with Crippen molar-refractivity contribution >= 4 is 17.5 Å². The number of para-hydroxylation sites is 1. The maximum atomic E-state index is 12.1. The van der Waals surface area contributed by atoms with Gasteiger partial charge in [0, 0.05) is 11.1 Å². The van der Waals surface area contributed by atoms with Crippen LogP contribution in [0, 0.1) is 0 Å². The number of hydrogen-bond donors (Lipinski definition) is 2. The summed E-state index contributed by atoms with van der Waals surface area (Å²) in [5.41, 5.74) is 5.37. The molecule has 1 atom stereocenters. The topological polar surface area (TPSA) is 107 Å². The lowest BCUT2D eigenvalue weighted by molar-refractivity contribution is -0.137. The number of hydrogen-bond acceptors (Lipinski definition) is 5. The number of rotatable bonds is 6. The quantitative estimate of drug-likeness (QED) is 0.626. The molecule has 3 N–H and O–H groups in total. The summed E-state index contributed by atoms with van der Waals surface area (Å²) in [6, 6.07) is 11.4. The molecule has 2 rings (SSSR count). The van der Waals surface area contributed by atoms with Gasteiger partial charge in [0.1, 0.15) is 11.5 Å². The lowest BCUT2D eigenvalue weighted by Gasteiger charge is -2.12. The molecule has 0 heterocycles. The largest absolute Gasteiger partial charge is 0.480 e. The second kappa shape index (κ2) is 6.85. The molecule has 2 aromatic rings. The SMILES string of the molecule is CC(=O)c1cc(Oc2ccccc2)ccc1C(=O)C(N)C(=O)O. The minimum absolute atomic E-state index is 0.0344. The molecule has 0 amide bonds. The summed E-state index contributed by atoms with van der Waals surface area (Å²) in [6.45, 7) is 1.28. The van der Waals surface area contributed by atoms with E-state index in [1.807, 2.05) is 6.07 Å². The van der Waals surface area contributed by atoms with E-state index in [1.165, 1.54) is 25.1 Å². The molecule has 0 fully saturated rings. The molecule has 6 heteroatoms. The van der Waals surface area contributed by atoms with Crippen molar-refractivity contribution < 1.29 is 24.2 Å². The van der Waals surface area contributed by atoms with Crippen molar-refractivity contribution in [2.45, 2.75) is 13.0 Å². The smallest absolute Gasteiger partial charge is 0.328 e. The predicted octanol–water partition coefficient (Wildman–Crippen LogP) is 2.28. The Hall–Kier alpha value is -2.99. The number of carbonyl (C=O) groups excluding carboxylic acids is 2. The Morgan fingerprint density at radius 1 is 1.00 bits per heavy atom. The lowest BCUT2D eigenvalue weighted by atomic mass is 9.96. The molecular formula is C17H15NO5. The first-order valence-electron chi connectivity index (χ1n) is 6.80. The Labute approximate surface area is 132 Å². The fourth-order valence-corrected chi connectivity index (χ4v) is 2.00. The van der Waals surface area contributed by atoms with Crippen molar-refractivity contribution in [3.63, 3.8) is 0 Å². The van der Waals surface area contributed by atoms with Gasteiger partial charge in [-0.05, 0) is 37.3 Å². The van der Waals surface area contributed by atoms with Gasteiger partial charge in [-0.2, -0.15) is 0 Å². The summed E-state index contributed by atoms with van der Waals surface area (Å²) in [6.07, 6.45) is 0. The molecule has 0 aromatic heterocycles. The van der Waals surface area contributed by atoms with E-state index in [9.17, 15) is 14.4 Å². The van der Waals surface area contributed by atoms with Gasteiger partial charge in [0.25, 0.3) is 0 Å². The Morgan fingerprint density at radius 3 is 2.22 bits per heavy atom. The van der Waals surface area contributed by atoms with Crippen molar-refractivity contribution in [2.75, 3.05) is 0 Å². The molecule has 0 saturated heterocycles. The number of nitrogens with two attached hydrogens (primary N) is 1. The van der Waals surface area contributed by atoms with Crippen molar-refractivity contribution in [3.05, 3.63) is 59.7 Å². The number of ether oxygens (including phenoxy) is 1. The molecule has 0 aliphatic carbocycles. The first-order chi connectivity index (χ1) is 10.9. The van der Waals surface area contributed by atoms with Crippen LogP contribution >= 0.6 is 0 Å². The number of Topliss-reactive ketones (excluding diaryl/α,β-unsaturated/α-hetero) is 2. The van der Waals surface area contributed by atoms with Crippen molar-refractivity contribution in [1.82, 2.24) is 0 Å². The molecule has 118 valence electrons. The highest BCUT2D eigenvalue weighted by Gasteiger charge is 2.26. The third kappa shape index (κ3) is 3.81. The normalized spacial score (nSPS) is 11.6. The second-order valence-electron chi connectivity index (χ2n) is 4.86. The second-order valence-corrected chi connectivity index (χ2v) is 4.86. The van der Waals surface area contributed by atoms with Gasteiger partial charge in [-0.15, -0.1) is 0 Å². The minimum Gasteiger partial charge on any atom is -0.480 e. The minimum atomic E-state index is -1.71. The van der Waals surface area contributed by atoms with Gasteiger partial charge in [-0.1, -0.05) is 18.2 Å². The molecule has 1 unspecified atom stereocenters. The van der Waals surface area contributed by atoms with Crippen LogP contribution in [-0.4, -0.2) is 28.7 Å². The maximum Gasteiger partial charge on any atom is 0.328 e. The molecular weight excluding hydrogens is 298 g/mol. The van der Waals surface area contributed by atoms with Crippen LogP contribution in [0.15, 0.2) is 48.5 Å². The summed E-state index contributed by atoms with van der Waals surface area (Å²) in [5, 5.41) is 8.84. The van der Waals surface area contributed by atoms with E-state index in [2.05, 4.69) is 0 Å². The first-order valence-corrected chi connectivity index (χ1v) is 6.80. The molecule has 23 heavy (non-hydrogen) atoms. The Balaban J connectivity index is 2.37. The number of carboxylic acid groups (broad SMARTS) is 1. The van der Waals surface area contributed by atoms with Crippen LogP contribution in [0.25, 0.3) is 0 Å². The zero-order valence-electron chi connectivity index (χ0n) is 12.4. The summed E-state index contributed by atoms with van der Waals surface area (Å²) < 4.78 is 5.60. The van der Waals surface area contributed by atoms with Crippen molar-refractivity contribution in [2.24, 2.45) is 5.73 Å². The fourth-order valence-electron chi connectivity index (χ4n) is 2.00. The summed E-state index contributed by atoms with van der Waals surface area (Å²) >= 11 is 0. The van der Waals surface area contributed by atoms with Gasteiger partial charge < -0.3 is 15.6 Å². The molecule has 0 aliphatic rings. The predicted molar refractivity (Wildman–Crippen MR) is 82.9 cm³/mol. The van der Waals surface area contributed by atoms with E-state index in [-0.39, 0.29) is 16.9 Å². The average molecular weight is 313 g/mol. The van der Waals surface area contributed by atoms with Crippen LogP contribution in [0.4, 0.5) is 0 Å². The summed E-state index contributed by atoms with van der Waals surface area (Å²) in [5.74, 6) is -1.72. The highest BCUT2D eigenvalue weighted by atomic mass is 16.5. The van der Waals surface area contributed by atoms with Crippen molar-refractivity contribution in [1.29, 1.82) is 0 Å². The zero-order chi connectivity index (χ0) is 17.0. The molecule has 0 radical (unpaired) electrons. The van der Waals surface area contributed by atoms with Crippen LogP contribution in [-0.2, 0) is 4.79 Å². The van der Waals surface area contributed by atoms with E-state index < -0.39 is 17.8 Å². The van der Waals surface area contributed by atoms with Crippen LogP contribution in [0.2, 0.25) is 0 Å². The maximum absolute atomic E-state index is 12.1. The molecule has 2 aromatic carbocycles. The van der Waals surface area contributed by atoms with Gasteiger partial charge in [0.05, 0.1) is 0 Å². The highest BCUT2D eigenvalue weighted by Crippen LogP contribution is 2.25. The fraction of sp³-hybridized carbons (Fsp3) is 0.118. The first kappa shape index (κ1) is 16.4. The third-order valence-electron chi connectivity index (χ3n) is 3.16. The number of carboxylic acids is 1. The number of ketones is 2. The van der Waals surface area contributed by atoms with E-state index in [0.29, 0.717) is 11.5 Å². The Kier molecular flexibility index (Phi) is 4.88. The van der Waals surface area contributed by atoms with Gasteiger partial charge in [-0.3, -0.25) is 14.4 Å². The molecule has 0 spiro atoms. The van der Waals surface area contributed by atoms with Gasteiger partial charge in [-0.25, -0.2) is 0 Å². The molecule has 0 aliphatic heterocycles. The highest BCUT2D eigenvalue weighted by molar-refractivity contribution is 6.16. The van der Waals surface area contributed by atoms with Crippen LogP contribution in [0.1, 0.15) is 27.6 Å². The zero-order valence-corrected chi connectivity index (χ0v) is 12.4. The van der Waals surface area contributed by atoms with E-state index in [1.54, 1.807) is 24.3 Å².